The third-order valence-corrected chi connectivity index (χ3v) is 25.9. The molecule has 0 aliphatic rings. The van der Waals surface area contributed by atoms with E-state index in [0.717, 1.165) is 0 Å². The summed E-state index contributed by atoms with van der Waals surface area (Å²) in [6, 6.07) is 32.6. The van der Waals surface area contributed by atoms with E-state index in [9.17, 15) is 0 Å². The van der Waals surface area contributed by atoms with E-state index in [0.29, 0.717) is 0 Å². The van der Waals surface area contributed by atoms with E-state index in [-0.39, 0.29) is 48.2 Å². The molecule has 0 bridgehead atoms. The van der Waals surface area contributed by atoms with E-state index in [4.69, 9.17) is 13.9 Å². The van der Waals surface area contributed by atoms with E-state index >= 15 is 0 Å². The first-order valence-corrected chi connectivity index (χ1v) is 40.1. The van der Waals surface area contributed by atoms with Crippen molar-refractivity contribution in [3.63, 3.8) is 0 Å². The van der Waals surface area contributed by atoms with Gasteiger partial charge in [0.25, 0.3) is 0 Å². The number of hydrogen-bond donors (Lipinski definition) is 0. The van der Waals surface area contributed by atoms with Gasteiger partial charge in [-0.15, -0.1) is 0 Å². The van der Waals surface area contributed by atoms with Crippen LogP contribution >= 0.6 is 7.26 Å². The van der Waals surface area contributed by atoms with Crippen molar-refractivity contribution in [2.45, 2.75) is 118 Å². The van der Waals surface area contributed by atoms with Gasteiger partial charge in [-0.1, -0.05) is 222 Å². The quantitative estimate of drug-likeness (QED) is 0.151. The van der Waals surface area contributed by atoms with Gasteiger partial charge in [-0.25, -0.2) is 0 Å². The summed E-state index contributed by atoms with van der Waals surface area (Å²) in [4.78, 5) is 0. The van der Waals surface area contributed by atoms with Crippen LogP contribution in [-0.4, -0.2) is 73.1 Å². The van der Waals surface area contributed by atoms with Crippen molar-refractivity contribution in [3.8, 4) is 0 Å². The van der Waals surface area contributed by atoms with Crippen LogP contribution in [0.25, 0.3) is 13.9 Å². The monoisotopic (exact) mass is 1080 g/mol. The zero-order valence-electron chi connectivity index (χ0n) is 34.9. The fraction of sp³-hybridized carbons (Fsp3) is 0.514. The second-order valence-electron chi connectivity index (χ2n) is 18.4. The molecule has 0 unspecified atom stereocenters. The summed E-state index contributed by atoms with van der Waals surface area (Å²) < 4.78 is 14.5. The van der Waals surface area contributed by atoms with Crippen molar-refractivity contribution in [2.24, 2.45) is 0 Å². The van der Waals surface area contributed by atoms with Crippen LogP contribution < -0.4 is 15.9 Å². The molecule has 12 heteroatoms. The first kappa shape index (κ1) is 54.2. The van der Waals surface area contributed by atoms with Crippen LogP contribution in [0.2, 0.25) is 118 Å². The third kappa shape index (κ3) is 29.0. The molecule has 274 valence electrons. The molecule has 0 saturated heterocycles. The van der Waals surface area contributed by atoms with Crippen molar-refractivity contribution >= 4 is 89.7 Å². The molecule has 0 atom stereocenters. The Hall–Kier alpha value is 0.843. The van der Waals surface area contributed by atoms with Gasteiger partial charge in [-0.05, 0) is 36.4 Å². The van der Waals surface area contributed by atoms with Crippen LogP contribution in [0.5, 0.6) is 0 Å². The van der Waals surface area contributed by atoms with Crippen LogP contribution in [0.3, 0.4) is 0 Å². The fourth-order valence-electron chi connectivity index (χ4n) is 5.64. The average molecular weight is 1080 g/mol. The third-order valence-electron chi connectivity index (χ3n) is 5.83. The van der Waals surface area contributed by atoms with E-state index in [2.05, 4.69) is 216 Å². The van der Waals surface area contributed by atoms with E-state index in [1.807, 2.05) is 0 Å². The van der Waals surface area contributed by atoms with Gasteiger partial charge in [0, 0.05) is 0 Å². The zero-order valence-corrected chi connectivity index (χ0v) is 47.6. The summed E-state index contributed by atoms with van der Waals surface area (Å²) in [5.41, 5.74) is 0. The van der Waals surface area contributed by atoms with Crippen molar-refractivity contribution in [1.82, 2.24) is 0 Å². The van der Waals surface area contributed by atoms with Crippen LogP contribution in [0, 0.1) is 31.1 Å². The second kappa shape index (κ2) is 22.9. The van der Waals surface area contributed by atoms with E-state index < -0.39 is 56.7 Å². The fourth-order valence-corrected chi connectivity index (χ4v) is 33.0. The van der Waals surface area contributed by atoms with Crippen LogP contribution in [0.1, 0.15) is 0 Å². The topological polar surface area (TPSA) is 42.3 Å². The first-order chi connectivity index (χ1) is 20.9. The van der Waals surface area contributed by atoms with Crippen LogP contribution in [0.15, 0.2) is 91.0 Å². The van der Waals surface area contributed by atoms with E-state index in [1.165, 1.54) is 15.9 Å². The molecule has 0 fully saturated rings. The average Bonchev–Trinajstić information content (AvgIpc) is 2.84. The van der Waals surface area contributed by atoms with Crippen molar-refractivity contribution in [3.05, 3.63) is 105 Å². The van der Waals surface area contributed by atoms with Gasteiger partial charge in [0.1, 0.15) is 23.2 Å². The molecular formula is C37H72N3PSeSi6U. The minimum Gasteiger partial charge on any atom is -2.00 e. The number of nitrogens with zero attached hydrogens (tertiary/aromatic N) is 3. The molecule has 3 rings (SSSR count). The normalized spacial score (nSPS) is 12.3. The Balaban J connectivity index is -0.000000625. The predicted molar refractivity (Wildman–Crippen MR) is 247 cm³/mol. The molecular weight excluding hydrogens is 1000 g/mol. The molecule has 0 N–H and O–H groups in total. The summed E-state index contributed by atoms with van der Waals surface area (Å²) >= 11 is 0. The molecule has 0 aliphatic heterocycles. The van der Waals surface area contributed by atoms with E-state index in [1.54, 1.807) is 0 Å². The first-order valence-electron chi connectivity index (χ1n) is 17.2. The van der Waals surface area contributed by atoms with Gasteiger partial charge in [-0.2, -0.15) is 0 Å². The smallest absolute Gasteiger partial charge is 2.00 e. The maximum absolute atomic E-state index is 4.82. The Morgan fingerprint density at radius 1 is 0.327 bits per heavy atom. The number of rotatable bonds is 9. The Morgan fingerprint density at radius 2 is 0.469 bits per heavy atom. The van der Waals surface area contributed by atoms with Crippen molar-refractivity contribution < 1.29 is 31.1 Å². The summed E-state index contributed by atoms with van der Waals surface area (Å²) in [6.45, 7) is 43.8. The van der Waals surface area contributed by atoms with Crippen LogP contribution in [0.4, 0.5) is 0 Å². The molecule has 0 aromatic heterocycles. The summed E-state index contributed by atoms with van der Waals surface area (Å²) in [5.74, 6) is 0. The number of benzene rings is 3. The Labute approximate surface area is 346 Å². The Bertz CT molecular complexity index is 1070. The second-order valence-corrected chi connectivity index (χ2v) is 50.7. The summed E-state index contributed by atoms with van der Waals surface area (Å²) in [6.07, 6.45) is 0. The van der Waals surface area contributed by atoms with Gasteiger partial charge in [-0.3, -0.25) is 0 Å². The molecule has 3 aromatic rings. The Kier molecular flexibility index (Phi) is 25.3. The standard InChI is InChI=1S/C19H18P.3C6H18NSi2.Se.U/c1-20(17-11-5-2-6-12-17,18-13-7-3-8-14-18)19-15-9-4-10-16-19;3*1-8(2,3)7-9(4,5)6;;/h2-16H,1H3;3*1-6H3;;/q+1;3*-1;-2;+4. The van der Waals surface area contributed by atoms with Gasteiger partial charge < -0.3 is 31.0 Å². The van der Waals surface area contributed by atoms with Crippen molar-refractivity contribution in [1.29, 1.82) is 0 Å². The van der Waals surface area contributed by atoms with Gasteiger partial charge >= 0.3 is 31.1 Å². The molecule has 0 saturated carbocycles. The predicted octanol–water partition coefficient (Wildman–Crippen LogP) is 12.3. The van der Waals surface area contributed by atoms with Gasteiger partial charge in [0.15, 0.2) is 0 Å². The summed E-state index contributed by atoms with van der Waals surface area (Å²) in [5, 5.41) is 4.28. The molecule has 3 nitrogen and oxygen atoms in total. The number of hydrogen-bond acceptors (Lipinski definition) is 0. The largest absolute Gasteiger partial charge is 4.00 e. The van der Waals surface area contributed by atoms with Gasteiger partial charge in [0.2, 0.25) is 0 Å². The van der Waals surface area contributed by atoms with Crippen molar-refractivity contribution in [2.75, 3.05) is 6.66 Å². The molecule has 3 aromatic carbocycles. The molecule has 0 heterocycles. The summed E-state index contributed by atoms with van der Waals surface area (Å²) in [7, 11) is -8.16. The minimum atomic E-state index is -1.53. The maximum Gasteiger partial charge on any atom is 4.00 e. The minimum absolute atomic E-state index is 0. The molecule has 49 heavy (non-hydrogen) atoms. The molecule has 0 amide bonds. The van der Waals surface area contributed by atoms with Gasteiger partial charge in [0.05, 0.1) is 6.66 Å². The molecule has 0 radical (unpaired) electrons. The maximum atomic E-state index is 4.82. The molecule has 0 aliphatic carbocycles. The zero-order chi connectivity index (χ0) is 37.0. The van der Waals surface area contributed by atoms with Crippen LogP contribution in [-0.2, 0) is 0 Å². The molecule has 0 spiro atoms. The SMILES string of the molecule is C[P+](c1ccccc1)(c1ccccc1)c1ccccc1.C[Si](C)(C)[N-][Si](C)(C)C.C[Si](C)(C)[N-][Si](C)(C)C.C[Si](C)(C)[N-][Si](C)(C)C.[Se-2].[U+4]. The Morgan fingerprint density at radius 3 is 0.571 bits per heavy atom.